The number of hydrogen-bond donors (Lipinski definition) is 1. The first-order valence-corrected chi connectivity index (χ1v) is 4.53. The second-order valence-electron chi connectivity index (χ2n) is 2.43. The Morgan fingerprint density at radius 2 is 2.50 bits per heavy atom. The second-order valence-corrected chi connectivity index (χ2v) is 4.19. The van der Waals surface area contributed by atoms with Gasteiger partial charge in [-0.1, -0.05) is 11.6 Å². The molecule has 0 amide bonds. The van der Waals surface area contributed by atoms with Crippen LogP contribution in [0.5, 0.6) is 0 Å². The first-order valence-electron chi connectivity index (χ1n) is 3.34. The summed E-state index contributed by atoms with van der Waals surface area (Å²) in [5.74, 6) is 0. The van der Waals surface area contributed by atoms with Crippen molar-refractivity contribution in [1.29, 1.82) is 0 Å². The quantitative estimate of drug-likeness (QED) is 0.633. The second kappa shape index (κ2) is 2.53. The summed E-state index contributed by atoms with van der Waals surface area (Å²) < 4.78 is 0.925. The predicted octanol–water partition coefficient (Wildman–Crippen LogP) is 2.05. The topological polar surface area (TPSA) is 12.0 Å². The summed E-state index contributed by atoms with van der Waals surface area (Å²) in [5, 5.41) is 3.30. The van der Waals surface area contributed by atoms with Gasteiger partial charge in [0, 0.05) is 18.0 Å². The molecule has 54 valence electrons. The van der Waals surface area contributed by atoms with Crippen molar-refractivity contribution in [3.05, 3.63) is 20.8 Å². The first-order chi connectivity index (χ1) is 4.86. The van der Waals surface area contributed by atoms with Crippen molar-refractivity contribution >= 4 is 22.9 Å². The lowest BCUT2D eigenvalue weighted by molar-refractivity contribution is 0.653. The van der Waals surface area contributed by atoms with Gasteiger partial charge in [-0.05, 0) is 18.1 Å². The van der Waals surface area contributed by atoms with Crippen molar-refractivity contribution in [2.24, 2.45) is 0 Å². The summed E-state index contributed by atoms with van der Waals surface area (Å²) in [6, 6.07) is 2.06. The Balaban J connectivity index is 2.41. The number of rotatable bonds is 0. The van der Waals surface area contributed by atoms with Crippen LogP contribution in [0, 0.1) is 0 Å². The summed E-state index contributed by atoms with van der Waals surface area (Å²) in [4.78, 5) is 1.46. The van der Waals surface area contributed by atoms with Crippen molar-refractivity contribution in [3.8, 4) is 0 Å². The molecule has 1 N–H and O–H groups in total. The molecule has 2 rings (SSSR count). The van der Waals surface area contributed by atoms with Crippen LogP contribution in [0.4, 0.5) is 0 Å². The van der Waals surface area contributed by atoms with Gasteiger partial charge in [-0.15, -0.1) is 11.3 Å². The van der Waals surface area contributed by atoms with E-state index in [1.807, 2.05) is 0 Å². The Labute approximate surface area is 69.0 Å². The largest absolute Gasteiger partial charge is 0.312 e. The molecule has 1 aromatic heterocycles. The standard InChI is InChI=1S/C7H8ClNS/c8-7-3-5-4-9-2-1-6(5)10-7/h3,9H,1-2,4H2. The minimum atomic E-state index is 0.925. The average molecular weight is 174 g/mol. The molecule has 0 aromatic carbocycles. The van der Waals surface area contributed by atoms with Crippen LogP contribution in [0.25, 0.3) is 0 Å². The highest BCUT2D eigenvalue weighted by Gasteiger charge is 2.10. The van der Waals surface area contributed by atoms with E-state index >= 15 is 0 Å². The van der Waals surface area contributed by atoms with E-state index in [0.29, 0.717) is 0 Å². The summed E-state index contributed by atoms with van der Waals surface area (Å²) in [6.07, 6.45) is 1.15. The number of hydrogen-bond acceptors (Lipinski definition) is 2. The maximum atomic E-state index is 5.84. The zero-order valence-electron chi connectivity index (χ0n) is 5.48. The Hall–Kier alpha value is -0.0500. The highest BCUT2D eigenvalue weighted by molar-refractivity contribution is 7.16. The Morgan fingerprint density at radius 1 is 1.60 bits per heavy atom. The van der Waals surface area contributed by atoms with E-state index in [4.69, 9.17) is 11.6 Å². The third-order valence-electron chi connectivity index (χ3n) is 1.71. The summed E-state index contributed by atoms with van der Waals surface area (Å²) in [6.45, 7) is 2.10. The van der Waals surface area contributed by atoms with Crippen molar-refractivity contribution in [1.82, 2.24) is 5.32 Å². The van der Waals surface area contributed by atoms with Crippen LogP contribution in [0.1, 0.15) is 10.4 Å². The zero-order valence-corrected chi connectivity index (χ0v) is 7.06. The Morgan fingerprint density at radius 3 is 3.30 bits per heavy atom. The van der Waals surface area contributed by atoms with E-state index in [2.05, 4.69) is 11.4 Å². The molecule has 0 unspecified atom stereocenters. The van der Waals surface area contributed by atoms with Gasteiger partial charge in [-0.2, -0.15) is 0 Å². The lowest BCUT2D eigenvalue weighted by atomic mass is 10.1. The van der Waals surface area contributed by atoms with Gasteiger partial charge in [-0.3, -0.25) is 0 Å². The van der Waals surface area contributed by atoms with Gasteiger partial charge in [0.25, 0.3) is 0 Å². The highest BCUT2D eigenvalue weighted by Crippen LogP contribution is 2.28. The average Bonchev–Trinajstić information content (AvgIpc) is 2.27. The van der Waals surface area contributed by atoms with E-state index in [9.17, 15) is 0 Å². The van der Waals surface area contributed by atoms with E-state index in [1.54, 1.807) is 11.3 Å². The van der Waals surface area contributed by atoms with Gasteiger partial charge < -0.3 is 5.32 Å². The predicted molar refractivity (Wildman–Crippen MR) is 44.7 cm³/mol. The minimum absolute atomic E-state index is 0.925. The maximum absolute atomic E-state index is 5.84. The fourth-order valence-electron chi connectivity index (χ4n) is 1.22. The molecule has 1 aliphatic rings. The van der Waals surface area contributed by atoms with Crippen molar-refractivity contribution in [2.45, 2.75) is 13.0 Å². The first kappa shape index (κ1) is 6.65. The molecule has 0 bridgehead atoms. The molecule has 10 heavy (non-hydrogen) atoms. The normalized spacial score (nSPS) is 16.9. The summed E-state index contributed by atoms with van der Waals surface area (Å²) >= 11 is 7.56. The molecule has 0 fully saturated rings. The summed E-state index contributed by atoms with van der Waals surface area (Å²) in [7, 11) is 0. The van der Waals surface area contributed by atoms with Gasteiger partial charge in [0.2, 0.25) is 0 Å². The van der Waals surface area contributed by atoms with Crippen molar-refractivity contribution in [3.63, 3.8) is 0 Å². The van der Waals surface area contributed by atoms with E-state index in [0.717, 1.165) is 23.8 Å². The van der Waals surface area contributed by atoms with Crippen LogP contribution < -0.4 is 5.32 Å². The maximum Gasteiger partial charge on any atom is 0.0934 e. The fourth-order valence-corrected chi connectivity index (χ4v) is 2.53. The van der Waals surface area contributed by atoms with Gasteiger partial charge >= 0.3 is 0 Å². The van der Waals surface area contributed by atoms with Crippen molar-refractivity contribution < 1.29 is 0 Å². The molecule has 1 aliphatic heterocycles. The fraction of sp³-hybridized carbons (Fsp3) is 0.429. The van der Waals surface area contributed by atoms with Gasteiger partial charge in [0.05, 0.1) is 4.34 Å². The van der Waals surface area contributed by atoms with Gasteiger partial charge in [-0.25, -0.2) is 0 Å². The van der Waals surface area contributed by atoms with Gasteiger partial charge in [0.1, 0.15) is 0 Å². The molecule has 3 heteroatoms. The number of nitrogens with one attached hydrogen (secondary N) is 1. The van der Waals surface area contributed by atoms with Crippen LogP contribution in [-0.2, 0) is 13.0 Å². The van der Waals surface area contributed by atoms with Crippen LogP contribution >= 0.6 is 22.9 Å². The Bertz CT molecular complexity index is 220. The van der Waals surface area contributed by atoms with Crippen LogP contribution in [0.2, 0.25) is 4.34 Å². The SMILES string of the molecule is Clc1cc2c(s1)CCNC2. The lowest BCUT2D eigenvalue weighted by Gasteiger charge is -2.10. The third kappa shape index (κ3) is 1.07. The molecule has 0 radical (unpaired) electrons. The zero-order chi connectivity index (χ0) is 6.97. The van der Waals surface area contributed by atoms with Crippen LogP contribution in [-0.4, -0.2) is 6.54 Å². The monoisotopic (exact) mass is 173 g/mol. The molecule has 1 aromatic rings. The third-order valence-corrected chi connectivity index (χ3v) is 3.08. The number of halogens is 1. The molecule has 1 nitrogen and oxygen atoms in total. The Kier molecular flexibility index (Phi) is 1.68. The minimum Gasteiger partial charge on any atom is -0.312 e. The van der Waals surface area contributed by atoms with Crippen LogP contribution in [0.3, 0.4) is 0 Å². The number of thiophene rings is 1. The number of fused-ring (bicyclic) bond motifs is 1. The van der Waals surface area contributed by atoms with E-state index in [-0.39, 0.29) is 0 Å². The lowest BCUT2D eigenvalue weighted by Crippen LogP contribution is -2.21. The molecule has 0 spiro atoms. The molecular weight excluding hydrogens is 166 g/mol. The van der Waals surface area contributed by atoms with Crippen molar-refractivity contribution in [2.75, 3.05) is 6.54 Å². The molecule has 0 atom stereocenters. The molecule has 2 heterocycles. The molecular formula is C7H8ClNS. The summed E-state index contributed by atoms with van der Waals surface area (Å²) in [5.41, 5.74) is 1.39. The molecule has 0 saturated heterocycles. The molecule has 0 aliphatic carbocycles. The van der Waals surface area contributed by atoms with Crippen LogP contribution in [0.15, 0.2) is 6.07 Å². The molecule has 0 saturated carbocycles. The highest BCUT2D eigenvalue weighted by atomic mass is 35.5. The van der Waals surface area contributed by atoms with Gasteiger partial charge in [0.15, 0.2) is 0 Å². The van der Waals surface area contributed by atoms with E-state index in [1.165, 1.54) is 10.4 Å². The van der Waals surface area contributed by atoms with E-state index < -0.39 is 0 Å². The smallest absolute Gasteiger partial charge is 0.0934 e.